The summed E-state index contributed by atoms with van der Waals surface area (Å²) < 4.78 is 15.4. The lowest BCUT2D eigenvalue weighted by molar-refractivity contribution is 0.0680. The summed E-state index contributed by atoms with van der Waals surface area (Å²) >= 11 is 0. The van der Waals surface area contributed by atoms with Crippen molar-refractivity contribution in [3.63, 3.8) is 0 Å². The highest BCUT2D eigenvalue weighted by Crippen LogP contribution is 2.35. The molecule has 8 nitrogen and oxygen atoms in total. The Morgan fingerprint density at radius 3 is 2.48 bits per heavy atom. The summed E-state index contributed by atoms with van der Waals surface area (Å²) in [6.45, 7) is 9.08. The van der Waals surface area contributed by atoms with Gasteiger partial charge in [0.05, 0.1) is 43.9 Å². The van der Waals surface area contributed by atoms with Gasteiger partial charge >= 0.3 is 6.09 Å². The monoisotopic (exact) mass is 376 g/mol. The highest BCUT2D eigenvalue weighted by Gasteiger charge is 2.33. The molecule has 1 atom stereocenters. The zero-order valence-electron chi connectivity index (χ0n) is 15.7. The van der Waals surface area contributed by atoms with Gasteiger partial charge in [-0.3, -0.25) is 10.1 Å². The number of aliphatic hydroxyl groups excluding tert-OH is 1. The van der Waals surface area contributed by atoms with Crippen molar-refractivity contribution >= 4 is 17.7 Å². The molecule has 146 valence electrons. The Hall–Kier alpha value is -3.00. The first-order valence-corrected chi connectivity index (χ1v) is 8.29. The second kappa shape index (κ2) is 8.59. The smallest absolute Gasteiger partial charge is 0.416 e. The van der Waals surface area contributed by atoms with Crippen LogP contribution >= 0.6 is 0 Å². The standard InChI is InChI=1S/C19H24N2O6/c1-11(2)27-19(24)20-15-8-17(26-5)16(25-4)7-14(15)18(23)21-9-12(3)6-13(21)10-22/h7-8,13,22H,1,3,6,9-10H2,2,4-5H3,(H,20,24)/t13-/m0/s1. The van der Waals surface area contributed by atoms with Gasteiger partial charge in [-0.1, -0.05) is 18.7 Å². The minimum Gasteiger partial charge on any atom is -0.493 e. The maximum absolute atomic E-state index is 13.1. The molecular formula is C19H24N2O6. The van der Waals surface area contributed by atoms with Crippen molar-refractivity contribution in [1.82, 2.24) is 4.90 Å². The molecule has 27 heavy (non-hydrogen) atoms. The molecule has 0 unspecified atom stereocenters. The van der Waals surface area contributed by atoms with Crippen molar-refractivity contribution in [1.29, 1.82) is 0 Å². The third kappa shape index (κ3) is 4.59. The van der Waals surface area contributed by atoms with E-state index in [-0.39, 0.29) is 35.6 Å². The lowest BCUT2D eigenvalue weighted by Gasteiger charge is -2.24. The molecule has 1 saturated heterocycles. The maximum Gasteiger partial charge on any atom is 0.416 e. The maximum atomic E-state index is 13.1. The molecule has 0 aromatic heterocycles. The molecule has 1 aliphatic rings. The summed E-state index contributed by atoms with van der Waals surface area (Å²) in [5, 5.41) is 12.1. The van der Waals surface area contributed by atoms with E-state index < -0.39 is 6.09 Å². The van der Waals surface area contributed by atoms with E-state index in [1.54, 1.807) is 0 Å². The van der Waals surface area contributed by atoms with E-state index in [1.807, 2.05) is 0 Å². The fourth-order valence-electron chi connectivity index (χ4n) is 2.89. The first-order valence-electron chi connectivity index (χ1n) is 8.29. The van der Waals surface area contributed by atoms with E-state index in [0.717, 1.165) is 5.57 Å². The van der Waals surface area contributed by atoms with E-state index in [2.05, 4.69) is 18.5 Å². The topological polar surface area (TPSA) is 97.3 Å². The predicted molar refractivity (Wildman–Crippen MR) is 100 cm³/mol. The van der Waals surface area contributed by atoms with Crippen LogP contribution in [-0.2, 0) is 4.74 Å². The molecule has 2 rings (SSSR count). The van der Waals surface area contributed by atoms with Crippen LogP contribution in [0.4, 0.5) is 10.5 Å². The van der Waals surface area contributed by atoms with Crippen LogP contribution in [0.15, 0.2) is 36.6 Å². The van der Waals surface area contributed by atoms with Crippen molar-refractivity contribution in [2.24, 2.45) is 0 Å². The number of allylic oxidation sites excluding steroid dienone is 1. The summed E-state index contributed by atoms with van der Waals surface area (Å²) in [6.07, 6.45) is -0.260. The van der Waals surface area contributed by atoms with Crippen molar-refractivity contribution in [3.8, 4) is 11.5 Å². The quantitative estimate of drug-likeness (QED) is 0.585. The third-order valence-electron chi connectivity index (χ3n) is 4.09. The highest BCUT2D eigenvalue weighted by atomic mass is 16.6. The van der Waals surface area contributed by atoms with Gasteiger partial charge in [-0.15, -0.1) is 0 Å². The Morgan fingerprint density at radius 1 is 1.30 bits per heavy atom. The number of benzene rings is 1. The Morgan fingerprint density at radius 2 is 1.93 bits per heavy atom. The van der Waals surface area contributed by atoms with E-state index in [9.17, 15) is 14.7 Å². The number of carbonyl (C=O) groups excluding carboxylic acids is 2. The molecular weight excluding hydrogens is 352 g/mol. The fourth-order valence-corrected chi connectivity index (χ4v) is 2.89. The average molecular weight is 376 g/mol. The Kier molecular flexibility index (Phi) is 6.46. The van der Waals surface area contributed by atoms with Gasteiger partial charge in [-0.2, -0.15) is 0 Å². The number of anilines is 1. The largest absolute Gasteiger partial charge is 0.493 e. The van der Waals surface area contributed by atoms with Crippen molar-refractivity contribution in [2.75, 3.05) is 32.7 Å². The normalized spacial score (nSPS) is 16.1. The van der Waals surface area contributed by atoms with Crippen molar-refractivity contribution < 1.29 is 28.9 Å². The summed E-state index contributed by atoms with van der Waals surface area (Å²) in [6, 6.07) is 2.59. The second-order valence-electron chi connectivity index (χ2n) is 6.19. The number of carbonyl (C=O) groups is 2. The van der Waals surface area contributed by atoms with E-state index in [0.29, 0.717) is 24.5 Å². The van der Waals surface area contributed by atoms with E-state index >= 15 is 0 Å². The number of hydrogen-bond acceptors (Lipinski definition) is 6. The van der Waals surface area contributed by atoms with Crippen molar-refractivity contribution in [3.05, 3.63) is 42.2 Å². The Labute approximate surface area is 158 Å². The van der Waals surface area contributed by atoms with Gasteiger partial charge in [0.25, 0.3) is 5.91 Å². The van der Waals surface area contributed by atoms with E-state index in [4.69, 9.17) is 14.2 Å². The summed E-state index contributed by atoms with van der Waals surface area (Å²) in [5.41, 5.74) is 1.22. The minimum absolute atomic E-state index is 0.180. The molecule has 0 radical (unpaired) electrons. The predicted octanol–water partition coefficient (Wildman–Crippen LogP) is 2.55. The number of likely N-dealkylation sites (tertiary alicyclic amines) is 1. The Balaban J connectivity index is 2.45. The van der Waals surface area contributed by atoms with Gasteiger partial charge in [0.15, 0.2) is 11.5 Å². The highest BCUT2D eigenvalue weighted by molar-refractivity contribution is 6.04. The SMILES string of the molecule is C=C1C[C@@H](CO)N(C(=O)c2cc(OC)c(OC)cc2NC(=O)OC(=C)C)C1. The molecule has 0 aliphatic carbocycles. The van der Waals surface area contributed by atoms with Crippen LogP contribution in [0.5, 0.6) is 11.5 Å². The second-order valence-corrected chi connectivity index (χ2v) is 6.19. The summed E-state index contributed by atoms with van der Waals surface area (Å²) in [4.78, 5) is 26.6. The number of amides is 2. The third-order valence-corrected chi connectivity index (χ3v) is 4.09. The summed E-state index contributed by atoms with van der Waals surface area (Å²) in [7, 11) is 2.89. The van der Waals surface area contributed by atoms with Crippen LogP contribution < -0.4 is 14.8 Å². The number of methoxy groups -OCH3 is 2. The van der Waals surface area contributed by atoms with Gasteiger partial charge in [0, 0.05) is 12.6 Å². The first-order chi connectivity index (χ1) is 12.8. The molecule has 1 fully saturated rings. The lowest BCUT2D eigenvalue weighted by atomic mass is 10.1. The van der Waals surface area contributed by atoms with Gasteiger partial charge in [0.1, 0.15) is 0 Å². The average Bonchev–Trinajstić information content (AvgIpc) is 3.00. The Bertz CT molecular complexity index is 774. The number of nitrogens with zero attached hydrogens (tertiary/aromatic N) is 1. The van der Waals surface area contributed by atoms with Crippen LogP contribution in [0.25, 0.3) is 0 Å². The van der Waals surface area contributed by atoms with Gasteiger partial charge in [0.2, 0.25) is 0 Å². The molecule has 2 N–H and O–H groups in total. The molecule has 1 aromatic rings. The lowest BCUT2D eigenvalue weighted by Crippen LogP contribution is -2.38. The number of aliphatic hydroxyl groups is 1. The summed E-state index contributed by atoms with van der Waals surface area (Å²) in [5.74, 6) is 0.499. The first kappa shape index (κ1) is 20.3. The van der Waals surface area contributed by atoms with Crippen LogP contribution in [0.2, 0.25) is 0 Å². The molecule has 2 amide bonds. The van der Waals surface area contributed by atoms with Gasteiger partial charge in [-0.05, 0) is 19.4 Å². The molecule has 0 saturated carbocycles. The fraction of sp³-hybridized carbons (Fsp3) is 0.368. The molecule has 1 aromatic carbocycles. The van der Waals surface area contributed by atoms with Crippen LogP contribution in [0.3, 0.4) is 0 Å². The molecule has 0 bridgehead atoms. The van der Waals surface area contributed by atoms with Crippen LogP contribution in [0.1, 0.15) is 23.7 Å². The number of rotatable bonds is 6. The number of nitrogens with one attached hydrogen (secondary N) is 1. The molecule has 1 aliphatic heterocycles. The number of ether oxygens (including phenoxy) is 3. The van der Waals surface area contributed by atoms with Gasteiger partial charge < -0.3 is 24.2 Å². The zero-order chi connectivity index (χ0) is 20.1. The zero-order valence-corrected chi connectivity index (χ0v) is 15.7. The van der Waals surface area contributed by atoms with Crippen LogP contribution in [0, 0.1) is 0 Å². The van der Waals surface area contributed by atoms with Crippen LogP contribution in [-0.4, -0.2) is 55.4 Å². The molecule has 8 heteroatoms. The number of hydrogen-bond donors (Lipinski definition) is 2. The van der Waals surface area contributed by atoms with Gasteiger partial charge in [-0.25, -0.2) is 4.79 Å². The molecule has 0 spiro atoms. The van der Waals surface area contributed by atoms with E-state index in [1.165, 1.54) is 38.2 Å². The minimum atomic E-state index is -0.784. The van der Waals surface area contributed by atoms with Crippen molar-refractivity contribution in [2.45, 2.75) is 19.4 Å². The molecule has 1 heterocycles.